The lowest BCUT2D eigenvalue weighted by Gasteiger charge is -2.31. The fourth-order valence-corrected chi connectivity index (χ4v) is 4.74. The molecule has 0 saturated carbocycles. The van der Waals surface area contributed by atoms with Gasteiger partial charge in [0.15, 0.2) is 0 Å². The molecule has 9 nitrogen and oxygen atoms in total. The number of amides is 2. The molecule has 172 valence electrons. The molecule has 2 aromatic carbocycles. The number of hydrogen-bond donors (Lipinski definition) is 3. The van der Waals surface area contributed by atoms with Gasteiger partial charge in [0.05, 0.1) is 24.3 Å². The average Bonchev–Trinajstić information content (AvgIpc) is 3.29. The summed E-state index contributed by atoms with van der Waals surface area (Å²) in [5.74, 6) is -0.744. The Bertz CT molecular complexity index is 1080. The fraction of sp³-hybridized carbons (Fsp3) is 0.375. The predicted molar refractivity (Wildman–Crippen MR) is 117 cm³/mol. The topological polar surface area (TPSA) is 117 Å². The molecule has 5 rings (SSSR count). The first-order valence-electron chi connectivity index (χ1n) is 11.0. The van der Waals surface area contributed by atoms with Crippen LogP contribution >= 0.6 is 0 Å². The molecule has 0 aliphatic carbocycles. The van der Waals surface area contributed by atoms with Crippen molar-refractivity contribution in [1.29, 1.82) is 0 Å². The number of carbonyl (C=O) groups excluding carboxylic acids is 3. The van der Waals surface area contributed by atoms with Gasteiger partial charge in [0.2, 0.25) is 6.29 Å². The first kappa shape index (κ1) is 21.4. The summed E-state index contributed by atoms with van der Waals surface area (Å²) >= 11 is 0. The van der Waals surface area contributed by atoms with E-state index in [1.54, 1.807) is 4.90 Å². The SMILES string of the molecule is O=C1C[C@H](NC2Cc3cccc4c3N2C(=O)[C@@H](NC(=O)OCc2ccccc2)CC4)C(O)O1. The van der Waals surface area contributed by atoms with Gasteiger partial charge < -0.3 is 19.9 Å². The van der Waals surface area contributed by atoms with Crippen LogP contribution in [0.3, 0.4) is 0 Å². The number of nitrogens with zero attached hydrogens (tertiary/aromatic N) is 1. The first-order chi connectivity index (χ1) is 16.0. The summed E-state index contributed by atoms with van der Waals surface area (Å²) in [6.45, 7) is 0.111. The minimum atomic E-state index is -1.26. The lowest BCUT2D eigenvalue weighted by Crippen LogP contribution is -2.57. The summed E-state index contributed by atoms with van der Waals surface area (Å²) in [6.07, 6.45) is -0.775. The second kappa shape index (κ2) is 8.84. The maximum absolute atomic E-state index is 13.6. The molecule has 3 N–H and O–H groups in total. The van der Waals surface area contributed by atoms with Crippen LogP contribution in [0.1, 0.15) is 29.5 Å². The summed E-state index contributed by atoms with van der Waals surface area (Å²) in [5.41, 5.74) is 3.71. The Hall–Kier alpha value is -3.43. The van der Waals surface area contributed by atoms with Gasteiger partial charge in [-0.25, -0.2) is 4.79 Å². The first-order valence-corrected chi connectivity index (χ1v) is 11.0. The van der Waals surface area contributed by atoms with Crippen LogP contribution in [0.25, 0.3) is 0 Å². The highest BCUT2D eigenvalue weighted by molar-refractivity contribution is 6.02. The standard InChI is InChI=1S/C24H25N3O6/c28-20-12-18(23(30)33-20)25-19-11-16-8-4-7-15-9-10-17(22(29)27(19)21(15)16)26-24(31)32-13-14-5-2-1-3-6-14/h1-8,17-19,23,25,30H,9-13H2,(H,26,31)/t17-,18-,19?,23?/m0/s1. The molecule has 4 atom stereocenters. The van der Waals surface area contributed by atoms with E-state index in [4.69, 9.17) is 9.47 Å². The molecule has 33 heavy (non-hydrogen) atoms. The number of para-hydroxylation sites is 1. The van der Waals surface area contributed by atoms with Gasteiger partial charge in [-0.2, -0.15) is 0 Å². The third kappa shape index (κ3) is 4.29. The minimum absolute atomic E-state index is 0.0242. The van der Waals surface area contributed by atoms with Crippen molar-refractivity contribution in [2.45, 2.75) is 56.8 Å². The lowest BCUT2D eigenvalue weighted by atomic mass is 10.0. The maximum Gasteiger partial charge on any atom is 0.408 e. The normalized spacial score (nSPS) is 25.9. The van der Waals surface area contributed by atoms with Crippen molar-refractivity contribution in [3.8, 4) is 0 Å². The van der Waals surface area contributed by atoms with Crippen molar-refractivity contribution in [2.24, 2.45) is 0 Å². The summed E-state index contributed by atoms with van der Waals surface area (Å²) in [7, 11) is 0. The largest absolute Gasteiger partial charge is 0.445 e. The summed E-state index contributed by atoms with van der Waals surface area (Å²) in [5, 5.41) is 16.0. The Balaban J connectivity index is 1.32. The van der Waals surface area contributed by atoms with Gasteiger partial charge in [0.25, 0.3) is 5.91 Å². The van der Waals surface area contributed by atoms with Gasteiger partial charge in [0.1, 0.15) is 12.6 Å². The molecular formula is C24H25N3O6. The number of anilines is 1. The molecule has 3 aliphatic heterocycles. The highest BCUT2D eigenvalue weighted by atomic mass is 16.6. The average molecular weight is 451 g/mol. The molecule has 3 heterocycles. The van der Waals surface area contributed by atoms with Crippen LogP contribution in [0.5, 0.6) is 0 Å². The molecular weight excluding hydrogens is 426 g/mol. The van der Waals surface area contributed by atoms with E-state index < -0.39 is 36.6 Å². The number of nitrogens with one attached hydrogen (secondary N) is 2. The molecule has 1 saturated heterocycles. The van der Waals surface area contributed by atoms with Crippen molar-refractivity contribution in [3.63, 3.8) is 0 Å². The molecule has 2 amide bonds. The Morgan fingerprint density at radius 1 is 1.09 bits per heavy atom. The molecule has 1 fully saturated rings. The van der Waals surface area contributed by atoms with Crippen LogP contribution in [-0.4, -0.2) is 47.6 Å². The summed E-state index contributed by atoms with van der Waals surface area (Å²) < 4.78 is 10.1. The minimum Gasteiger partial charge on any atom is -0.445 e. The van der Waals surface area contributed by atoms with Crippen LogP contribution in [0, 0.1) is 0 Å². The Labute approximate surface area is 190 Å². The number of ether oxygens (including phenoxy) is 2. The zero-order valence-electron chi connectivity index (χ0n) is 17.9. The zero-order valence-corrected chi connectivity index (χ0v) is 17.9. The van der Waals surface area contributed by atoms with Crippen molar-refractivity contribution in [2.75, 3.05) is 4.90 Å². The third-order valence-corrected chi connectivity index (χ3v) is 6.30. The molecule has 9 heteroatoms. The van der Waals surface area contributed by atoms with E-state index in [0.29, 0.717) is 19.3 Å². The van der Waals surface area contributed by atoms with Gasteiger partial charge in [-0.05, 0) is 29.5 Å². The number of aliphatic hydroxyl groups excluding tert-OH is 1. The van der Waals surface area contributed by atoms with Crippen molar-refractivity contribution >= 4 is 23.7 Å². The van der Waals surface area contributed by atoms with Crippen LogP contribution in [0.15, 0.2) is 48.5 Å². The molecule has 2 unspecified atom stereocenters. The van der Waals surface area contributed by atoms with Gasteiger partial charge in [-0.3, -0.25) is 19.8 Å². The van der Waals surface area contributed by atoms with Gasteiger partial charge in [-0.15, -0.1) is 0 Å². The number of alkyl carbamates (subject to hydrolysis) is 1. The maximum atomic E-state index is 13.6. The van der Waals surface area contributed by atoms with Crippen LogP contribution in [-0.2, 0) is 38.5 Å². The molecule has 0 bridgehead atoms. The van der Waals surface area contributed by atoms with E-state index in [1.165, 1.54) is 0 Å². The number of aryl methyl sites for hydroxylation is 1. The number of benzene rings is 2. The molecule has 3 aliphatic rings. The highest BCUT2D eigenvalue weighted by Gasteiger charge is 2.44. The summed E-state index contributed by atoms with van der Waals surface area (Å²) in [6, 6.07) is 13.8. The van der Waals surface area contributed by atoms with E-state index in [9.17, 15) is 19.5 Å². The van der Waals surface area contributed by atoms with Gasteiger partial charge in [-0.1, -0.05) is 48.5 Å². The quantitative estimate of drug-likeness (QED) is 0.588. The second-order valence-corrected chi connectivity index (χ2v) is 8.51. The number of esters is 1. The molecule has 2 aromatic rings. The monoisotopic (exact) mass is 451 g/mol. The summed E-state index contributed by atoms with van der Waals surface area (Å²) in [4.78, 5) is 39.2. The highest BCUT2D eigenvalue weighted by Crippen LogP contribution is 2.38. The zero-order chi connectivity index (χ0) is 22.9. The van der Waals surface area contributed by atoms with Crippen LogP contribution < -0.4 is 15.5 Å². The molecule has 0 aromatic heterocycles. The number of aliphatic hydroxyl groups is 1. The Morgan fingerprint density at radius 3 is 2.64 bits per heavy atom. The van der Waals surface area contributed by atoms with E-state index in [0.717, 1.165) is 22.4 Å². The predicted octanol–water partition coefficient (Wildman–Crippen LogP) is 1.37. The van der Waals surface area contributed by atoms with Crippen molar-refractivity contribution < 1.29 is 29.0 Å². The lowest BCUT2D eigenvalue weighted by molar-refractivity contribution is -0.154. The smallest absolute Gasteiger partial charge is 0.408 e. The van der Waals surface area contributed by atoms with Crippen LogP contribution in [0.4, 0.5) is 10.5 Å². The number of rotatable bonds is 5. The third-order valence-electron chi connectivity index (χ3n) is 6.30. The Morgan fingerprint density at radius 2 is 1.88 bits per heavy atom. The van der Waals surface area contributed by atoms with Crippen LogP contribution in [0.2, 0.25) is 0 Å². The van der Waals surface area contributed by atoms with E-state index >= 15 is 0 Å². The number of cyclic esters (lactones) is 1. The fourth-order valence-electron chi connectivity index (χ4n) is 4.74. The van der Waals surface area contributed by atoms with E-state index in [2.05, 4.69) is 10.6 Å². The Kier molecular flexibility index (Phi) is 5.74. The van der Waals surface area contributed by atoms with Gasteiger partial charge >= 0.3 is 12.1 Å². The number of hydrogen-bond acceptors (Lipinski definition) is 7. The molecule has 0 spiro atoms. The number of carbonyl (C=O) groups is 3. The van der Waals surface area contributed by atoms with Crippen molar-refractivity contribution in [3.05, 3.63) is 65.2 Å². The van der Waals surface area contributed by atoms with Gasteiger partial charge in [0, 0.05) is 6.42 Å². The molecule has 0 radical (unpaired) electrons. The second-order valence-electron chi connectivity index (χ2n) is 8.51. The van der Waals surface area contributed by atoms with E-state index in [1.807, 2.05) is 48.5 Å². The van der Waals surface area contributed by atoms with Crippen molar-refractivity contribution in [1.82, 2.24) is 10.6 Å². The van der Waals surface area contributed by atoms with E-state index in [-0.39, 0.29) is 18.9 Å².